The van der Waals surface area contributed by atoms with Crippen LogP contribution in [0.2, 0.25) is 0 Å². The lowest BCUT2D eigenvalue weighted by molar-refractivity contribution is 0.0946. The zero-order valence-corrected chi connectivity index (χ0v) is 15.1. The molecule has 2 heterocycles. The second-order valence-corrected chi connectivity index (χ2v) is 5.99. The van der Waals surface area contributed by atoms with E-state index in [1.807, 2.05) is 30.3 Å². The summed E-state index contributed by atoms with van der Waals surface area (Å²) in [5, 5.41) is 5.91. The average molecular weight is 378 g/mol. The second kappa shape index (κ2) is 7.83. The summed E-state index contributed by atoms with van der Waals surface area (Å²) in [5.74, 6) is 2.14. The van der Waals surface area contributed by atoms with Gasteiger partial charge in [0.25, 0.3) is 5.91 Å². The lowest BCUT2D eigenvalue weighted by Crippen LogP contribution is -2.24. The summed E-state index contributed by atoms with van der Waals surface area (Å²) in [6, 6.07) is 14.5. The van der Waals surface area contributed by atoms with Gasteiger partial charge in [-0.2, -0.15) is 0 Å². The zero-order valence-electron chi connectivity index (χ0n) is 15.1. The Kier molecular flexibility index (Phi) is 4.92. The molecule has 2 N–H and O–H groups in total. The van der Waals surface area contributed by atoms with Crippen molar-refractivity contribution in [1.29, 1.82) is 0 Å². The largest absolute Gasteiger partial charge is 0.497 e. The molecule has 0 atom stereocenters. The molecule has 1 amide bonds. The minimum atomic E-state index is -0.285. The number of nitrogens with zero attached hydrogens (tertiary/aromatic N) is 2. The van der Waals surface area contributed by atoms with Crippen molar-refractivity contribution in [1.82, 2.24) is 15.3 Å². The van der Waals surface area contributed by atoms with E-state index in [0.717, 1.165) is 17.0 Å². The number of rotatable bonds is 6. The molecule has 0 saturated carbocycles. The summed E-state index contributed by atoms with van der Waals surface area (Å²) in [4.78, 5) is 20.8. The van der Waals surface area contributed by atoms with Crippen LogP contribution in [-0.4, -0.2) is 29.8 Å². The molecule has 1 aliphatic heterocycles. The number of ether oxygens (including phenoxy) is 3. The van der Waals surface area contributed by atoms with E-state index in [9.17, 15) is 4.79 Å². The van der Waals surface area contributed by atoms with Crippen LogP contribution < -0.4 is 24.8 Å². The molecule has 0 saturated heterocycles. The van der Waals surface area contributed by atoms with Gasteiger partial charge >= 0.3 is 0 Å². The number of fused-ring (bicyclic) bond motifs is 1. The summed E-state index contributed by atoms with van der Waals surface area (Å²) in [6.07, 6.45) is 1.53. The molecule has 0 radical (unpaired) electrons. The van der Waals surface area contributed by atoms with E-state index in [0.29, 0.717) is 24.0 Å². The number of anilines is 2. The van der Waals surface area contributed by atoms with Crippen molar-refractivity contribution < 1.29 is 19.0 Å². The van der Waals surface area contributed by atoms with Gasteiger partial charge in [-0.15, -0.1) is 0 Å². The third kappa shape index (κ3) is 3.96. The number of amides is 1. The van der Waals surface area contributed by atoms with E-state index in [1.54, 1.807) is 25.3 Å². The maximum Gasteiger partial charge on any atom is 0.270 e. The van der Waals surface area contributed by atoms with E-state index in [-0.39, 0.29) is 18.4 Å². The highest BCUT2D eigenvalue weighted by Crippen LogP contribution is 2.34. The maximum atomic E-state index is 12.4. The van der Waals surface area contributed by atoms with E-state index >= 15 is 0 Å². The predicted octanol–water partition coefficient (Wildman–Crippen LogP) is 2.89. The molecule has 4 rings (SSSR count). The van der Waals surface area contributed by atoms with Crippen LogP contribution in [-0.2, 0) is 6.54 Å². The Morgan fingerprint density at radius 3 is 2.75 bits per heavy atom. The van der Waals surface area contributed by atoms with Gasteiger partial charge in [0.1, 0.15) is 11.4 Å². The van der Waals surface area contributed by atoms with Crippen LogP contribution in [0.25, 0.3) is 0 Å². The van der Waals surface area contributed by atoms with Crippen LogP contribution in [0.3, 0.4) is 0 Å². The molecular weight excluding hydrogens is 360 g/mol. The van der Waals surface area contributed by atoms with Crippen molar-refractivity contribution >= 4 is 17.5 Å². The van der Waals surface area contributed by atoms with Crippen molar-refractivity contribution in [2.45, 2.75) is 6.54 Å². The number of benzene rings is 2. The lowest BCUT2D eigenvalue weighted by atomic mass is 10.2. The Morgan fingerprint density at radius 2 is 1.93 bits per heavy atom. The van der Waals surface area contributed by atoms with Gasteiger partial charge < -0.3 is 24.8 Å². The second-order valence-electron chi connectivity index (χ2n) is 5.99. The molecule has 8 nitrogen and oxygen atoms in total. The van der Waals surface area contributed by atoms with E-state index in [2.05, 4.69) is 20.6 Å². The van der Waals surface area contributed by atoms with Gasteiger partial charge in [0.15, 0.2) is 11.5 Å². The highest BCUT2D eigenvalue weighted by atomic mass is 16.7. The zero-order chi connectivity index (χ0) is 19.3. The summed E-state index contributed by atoms with van der Waals surface area (Å²) < 4.78 is 15.8. The number of aromatic nitrogens is 2. The number of hydrogen-bond donors (Lipinski definition) is 2. The number of carbonyl (C=O) groups is 1. The van der Waals surface area contributed by atoms with Gasteiger partial charge in [-0.05, 0) is 35.9 Å². The van der Waals surface area contributed by atoms with Crippen molar-refractivity contribution in [3.05, 3.63) is 66.0 Å². The van der Waals surface area contributed by atoms with Crippen LogP contribution >= 0.6 is 0 Å². The van der Waals surface area contributed by atoms with E-state index in [4.69, 9.17) is 14.2 Å². The molecular formula is C20H18N4O4. The molecule has 1 aromatic heterocycles. The minimum absolute atomic E-state index is 0.207. The first kappa shape index (κ1) is 17.6. The van der Waals surface area contributed by atoms with Gasteiger partial charge in [-0.1, -0.05) is 12.1 Å². The van der Waals surface area contributed by atoms with Gasteiger partial charge in [-0.25, -0.2) is 9.97 Å². The summed E-state index contributed by atoms with van der Waals surface area (Å²) >= 11 is 0. The van der Waals surface area contributed by atoms with Gasteiger partial charge in [0.05, 0.1) is 7.11 Å². The normalized spacial score (nSPS) is 11.8. The molecule has 8 heteroatoms. The monoisotopic (exact) mass is 378 g/mol. The molecule has 2 aromatic carbocycles. The summed E-state index contributed by atoms with van der Waals surface area (Å²) in [7, 11) is 1.61. The molecule has 28 heavy (non-hydrogen) atoms. The third-order valence-corrected chi connectivity index (χ3v) is 4.13. The SMILES string of the molecule is COc1ccc(CNC(=O)c2ccnc(Nc3ccc4c(c3)OCO4)n2)cc1. The first-order valence-electron chi connectivity index (χ1n) is 8.62. The van der Waals surface area contributed by atoms with Crippen molar-refractivity contribution in [3.63, 3.8) is 0 Å². The number of hydrogen-bond acceptors (Lipinski definition) is 7. The number of methoxy groups -OCH3 is 1. The first-order chi connectivity index (χ1) is 13.7. The lowest BCUT2D eigenvalue weighted by Gasteiger charge is -2.08. The Labute approximate surface area is 161 Å². The predicted molar refractivity (Wildman–Crippen MR) is 102 cm³/mol. The Hall–Kier alpha value is -3.81. The third-order valence-electron chi connectivity index (χ3n) is 4.13. The molecule has 0 aliphatic carbocycles. The molecule has 142 valence electrons. The topological polar surface area (TPSA) is 94.6 Å². The summed E-state index contributed by atoms with van der Waals surface area (Å²) in [6.45, 7) is 0.594. The average Bonchev–Trinajstić information content (AvgIpc) is 3.20. The molecule has 0 bridgehead atoms. The summed E-state index contributed by atoms with van der Waals surface area (Å²) in [5.41, 5.74) is 1.97. The van der Waals surface area contributed by atoms with Crippen LogP contribution in [0.1, 0.15) is 16.1 Å². The fraction of sp³-hybridized carbons (Fsp3) is 0.150. The van der Waals surface area contributed by atoms with Crippen molar-refractivity contribution in [2.24, 2.45) is 0 Å². The number of carbonyl (C=O) groups excluding carboxylic acids is 1. The maximum absolute atomic E-state index is 12.4. The first-order valence-corrected chi connectivity index (χ1v) is 8.62. The quantitative estimate of drug-likeness (QED) is 0.681. The smallest absolute Gasteiger partial charge is 0.270 e. The van der Waals surface area contributed by atoms with Gasteiger partial charge in [-0.3, -0.25) is 4.79 Å². The molecule has 3 aromatic rings. The van der Waals surface area contributed by atoms with E-state index in [1.165, 1.54) is 6.20 Å². The molecule has 0 unspecified atom stereocenters. The molecule has 0 fully saturated rings. The fourth-order valence-corrected chi connectivity index (χ4v) is 2.67. The van der Waals surface area contributed by atoms with Crippen LogP contribution in [0, 0.1) is 0 Å². The number of nitrogens with one attached hydrogen (secondary N) is 2. The van der Waals surface area contributed by atoms with Gasteiger partial charge in [0.2, 0.25) is 12.7 Å². The standard InChI is InChI=1S/C20H18N4O4/c1-26-15-5-2-13(3-6-15)11-22-19(25)16-8-9-21-20(24-16)23-14-4-7-17-18(10-14)28-12-27-17/h2-10H,11-12H2,1H3,(H,22,25)(H,21,23,24). The Balaban J connectivity index is 1.40. The highest BCUT2D eigenvalue weighted by molar-refractivity contribution is 5.92. The van der Waals surface area contributed by atoms with Crippen molar-refractivity contribution in [3.8, 4) is 17.2 Å². The van der Waals surface area contributed by atoms with Crippen LogP contribution in [0.15, 0.2) is 54.7 Å². The Bertz CT molecular complexity index is 992. The minimum Gasteiger partial charge on any atom is -0.497 e. The van der Waals surface area contributed by atoms with Crippen LogP contribution in [0.5, 0.6) is 17.2 Å². The highest BCUT2D eigenvalue weighted by Gasteiger charge is 2.14. The molecule has 0 spiro atoms. The fourth-order valence-electron chi connectivity index (χ4n) is 2.67. The molecule has 1 aliphatic rings. The van der Waals surface area contributed by atoms with E-state index < -0.39 is 0 Å². The van der Waals surface area contributed by atoms with Crippen LogP contribution in [0.4, 0.5) is 11.6 Å². The van der Waals surface area contributed by atoms with Gasteiger partial charge in [0, 0.05) is 24.5 Å². The Morgan fingerprint density at radius 1 is 1.11 bits per heavy atom. The van der Waals surface area contributed by atoms with Crippen molar-refractivity contribution in [2.75, 3.05) is 19.2 Å².